The second-order valence-corrected chi connectivity index (χ2v) is 6.84. The summed E-state index contributed by atoms with van der Waals surface area (Å²) in [5.74, 6) is -1.16. The molecule has 8 nitrogen and oxygen atoms in total. The SMILES string of the molecule is CCC(CC)(CO)CN(C)C(=O)Cn1c(=O)c(C(N)=O)cc2cccnc21. The summed E-state index contributed by atoms with van der Waals surface area (Å²) in [5.41, 5.74) is 4.41. The molecule has 0 aliphatic rings. The van der Waals surface area contributed by atoms with E-state index in [0.29, 0.717) is 17.6 Å². The average molecular weight is 374 g/mol. The van der Waals surface area contributed by atoms with E-state index in [1.807, 2.05) is 13.8 Å². The molecule has 2 amide bonds. The van der Waals surface area contributed by atoms with Crippen molar-refractivity contribution in [2.24, 2.45) is 11.1 Å². The van der Waals surface area contributed by atoms with Crippen molar-refractivity contribution in [3.05, 3.63) is 40.3 Å². The van der Waals surface area contributed by atoms with Crippen molar-refractivity contribution < 1.29 is 14.7 Å². The van der Waals surface area contributed by atoms with Gasteiger partial charge < -0.3 is 15.7 Å². The fourth-order valence-electron chi connectivity index (χ4n) is 3.12. The summed E-state index contributed by atoms with van der Waals surface area (Å²) in [6.45, 7) is 4.01. The van der Waals surface area contributed by atoms with Crippen molar-refractivity contribution in [3.8, 4) is 0 Å². The van der Waals surface area contributed by atoms with E-state index in [-0.39, 0.29) is 30.0 Å². The van der Waals surface area contributed by atoms with E-state index < -0.39 is 11.5 Å². The zero-order valence-electron chi connectivity index (χ0n) is 15.9. The highest BCUT2D eigenvalue weighted by Crippen LogP contribution is 2.26. The molecule has 0 unspecified atom stereocenters. The molecule has 2 aromatic rings. The molecule has 0 saturated heterocycles. The standard InChI is InChI=1S/C19H26N4O4/c1-4-19(5-2,12-24)11-22(3)15(25)10-23-17-13(7-6-8-21-17)9-14(16(20)26)18(23)27/h6-9,24H,4-5,10-12H2,1-3H3,(H2,20,26). The first-order valence-electron chi connectivity index (χ1n) is 8.91. The van der Waals surface area contributed by atoms with Gasteiger partial charge in [-0.25, -0.2) is 4.98 Å². The summed E-state index contributed by atoms with van der Waals surface area (Å²) in [6, 6.07) is 4.76. The highest BCUT2D eigenvalue weighted by atomic mass is 16.3. The molecule has 3 N–H and O–H groups in total. The van der Waals surface area contributed by atoms with E-state index in [1.165, 1.54) is 21.7 Å². The third-order valence-electron chi connectivity index (χ3n) is 5.24. The molecular formula is C19H26N4O4. The van der Waals surface area contributed by atoms with E-state index in [9.17, 15) is 19.5 Å². The maximum Gasteiger partial charge on any atom is 0.265 e. The molecule has 0 atom stereocenters. The van der Waals surface area contributed by atoms with Crippen LogP contribution in [0.1, 0.15) is 37.0 Å². The lowest BCUT2D eigenvalue weighted by molar-refractivity contribution is -0.132. The zero-order chi connectivity index (χ0) is 20.2. The Kier molecular flexibility index (Phi) is 6.32. The number of carbonyl (C=O) groups excluding carboxylic acids is 2. The fraction of sp³-hybridized carbons (Fsp3) is 0.474. The van der Waals surface area contributed by atoms with Gasteiger partial charge in [-0.05, 0) is 31.0 Å². The van der Waals surface area contributed by atoms with Crippen molar-refractivity contribution in [1.82, 2.24) is 14.5 Å². The minimum Gasteiger partial charge on any atom is -0.396 e. The number of carbonyl (C=O) groups is 2. The van der Waals surface area contributed by atoms with Crippen LogP contribution in [-0.4, -0.2) is 51.6 Å². The van der Waals surface area contributed by atoms with Crippen molar-refractivity contribution in [3.63, 3.8) is 0 Å². The minimum absolute atomic E-state index is 0.0286. The Balaban J connectivity index is 2.40. The maximum atomic E-state index is 12.8. The van der Waals surface area contributed by atoms with Crippen LogP contribution in [0.3, 0.4) is 0 Å². The lowest BCUT2D eigenvalue weighted by atomic mass is 9.83. The quantitative estimate of drug-likeness (QED) is 0.707. The number of likely N-dealkylation sites (N-methyl/N-ethyl adjacent to an activating group) is 1. The maximum absolute atomic E-state index is 12.8. The van der Waals surface area contributed by atoms with Gasteiger partial charge in [-0.1, -0.05) is 13.8 Å². The third kappa shape index (κ3) is 4.16. The molecule has 0 radical (unpaired) electrons. The molecule has 0 fully saturated rings. The first-order chi connectivity index (χ1) is 12.8. The summed E-state index contributed by atoms with van der Waals surface area (Å²) in [4.78, 5) is 42.7. The van der Waals surface area contributed by atoms with Gasteiger partial charge in [0.2, 0.25) is 5.91 Å². The molecule has 8 heteroatoms. The topological polar surface area (TPSA) is 119 Å². The number of pyridine rings is 2. The minimum atomic E-state index is -0.850. The number of fused-ring (bicyclic) bond motifs is 1. The predicted molar refractivity (Wildman–Crippen MR) is 102 cm³/mol. The predicted octanol–water partition coefficient (Wildman–Crippen LogP) is 0.753. The van der Waals surface area contributed by atoms with Gasteiger partial charge in [0.1, 0.15) is 17.8 Å². The van der Waals surface area contributed by atoms with Crippen LogP contribution in [-0.2, 0) is 11.3 Å². The molecule has 2 heterocycles. The highest BCUT2D eigenvalue weighted by molar-refractivity contribution is 5.96. The summed E-state index contributed by atoms with van der Waals surface area (Å²) >= 11 is 0. The smallest absolute Gasteiger partial charge is 0.265 e. The Hall–Kier alpha value is -2.74. The Morgan fingerprint density at radius 2 is 2.00 bits per heavy atom. The van der Waals surface area contributed by atoms with Crippen molar-refractivity contribution in [2.75, 3.05) is 20.2 Å². The van der Waals surface area contributed by atoms with Gasteiger partial charge in [0, 0.05) is 30.6 Å². The van der Waals surface area contributed by atoms with Gasteiger partial charge in [-0.2, -0.15) is 0 Å². The second kappa shape index (κ2) is 8.30. The number of primary amides is 1. The number of amides is 2. The number of rotatable bonds is 8. The van der Waals surface area contributed by atoms with Crippen LogP contribution in [0, 0.1) is 5.41 Å². The average Bonchev–Trinajstić information content (AvgIpc) is 2.67. The Morgan fingerprint density at radius 1 is 1.33 bits per heavy atom. The van der Waals surface area contributed by atoms with Crippen LogP contribution < -0.4 is 11.3 Å². The van der Waals surface area contributed by atoms with Crippen molar-refractivity contribution in [1.29, 1.82) is 0 Å². The van der Waals surface area contributed by atoms with E-state index in [0.717, 1.165) is 12.8 Å². The molecule has 0 aliphatic heterocycles. The normalized spacial score (nSPS) is 11.6. The van der Waals surface area contributed by atoms with Crippen LogP contribution in [0.5, 0.6) is 0 Å². The highest BCUT2D eigenvalue weighted by Gasteiger charge is 2.29. The Morgan fingerprint density at radius 3 is 2.56 bits per heavy atom. The fourth-order valence-corrected chi connectivity index (χ4v) is 3.12. The lowest BCUT2D eigenvalue weighted by Gasteiger charge is -2.34. The van der Waals surface area contributed by atoms with Gasteiger partial charge in [0.05, 0.1) is 6.61 Å². The second-order valence-electron chi connectivity index (χ2n) is 6.84. The summed E-state index contributed by atoms with van der Waals surface area (Å²) in [6.07, 6.45) is 2.96. The van der Waals surface area contributed by atoms with Gasteiger partial charge >= 0.3 is 0 Å². The van der Waals surface area contributed by atoms with E-state index in [4.69, 9.17) is 5.73 Å². The number of aliphatic hydroxyl groups is 1. The van der Waals surface area contributed by atoms with Crippen LogP contribution in [0.15, 0.2) is 29.2 Å². The molecule has 146 valence electrons. The number of nitrogens with zero attached hydrogens (tertiary/aromatic N) is 3. The first kappa shape index (κ1) is 20.6. The zero-order valence-corrected chi connectivity index (χ0v) is 15.9. The third-order valence-corrected chi connectivity index (χ3v) is 5.24. The molecule has 0 aromatic carbocycles. The Bertz CT molecular complexity index is 894. The van der Waals surface area contributed by atoms with Gasteiger partial charge in [-0.3, -0.25) is 19.0 Å². The number of hydrogen-bond donors (Lipinski definition) is 2. The van der Waals surface area contributed by atoms with E-state index in [2.05, 4.69) is 4.98 Å². The molecule has 0 aliphatic carbocycles. The molecule has 0 spiro atoms. The molecule has 2 aromatic heterocycles. The molecule has 27 heavy (non-hydrogen) atoms. The largest absolute Gasteiger partial charge is 0.396 e. The molecule has 0 bridgehead atoms. The number of aromatic nitrogens is 2. The summed E-state index contributed by atoms with van der Waals surface area (Å²) in [5, 5.41) is 10.3. The molecule has 2 rings (SSSR count). The lowest BCUT2D eigenvalue weighted by Crippen LogP contribution is -2.43. The van der Waals surface area contributed by atoms with Crippen LogP contribution >= 0.6 is 0 Å². The number of nitrogens with two attached hydrogens (primary N) is 1. The summed E-state index contributed by atoms with van der Waals surface area (Å²) in [7, 11) is 1.64. The van der Waals surface area contributed by atoms with Gasteiger partial charge in [0.25, 0.3) is 11.5 Å². The van der Waals surface area contributed by atoms with Crippen molar-refractivity contribution >= 4 is 22.8 Å². The van der Waals surface area contributed by atoms with Crippen LogP contribution in [0.2, 0.25) is 0 Å². The Labute approximate surface area is 157 Å². The van der Waals surface area contributed by atoms with E-state index in [1.54, 1.807) is 19.2 Å². The first-order valence-corrected chi connectivity index (χ1v) is 8.91. The number of hydrogen-bond acceptors (Lipinski definition) is 5. The molecule has 0 saturated carbocycles. The van der Waals surface area contributed by atoms with Gasteiger partial charge in [-0.15, -0.1) is 0 Å². The van der Waals surface area contributed by atoms with Crippen molar-refractivity contribution in [2.45, 2.75) is 33.2 Å². The molecular weight excluding hydrogens is 348 g/mol. The van der Waals surface area contributed by atoms with Gasteiger partial charge in [0.15, 0.2) is 0 Å². The summed E-state index contributed by atoms with van der Waals surface area (Å²) < 4.78 is 1.17. The van der Waals surface area contributed by atoms with Crippen LogP contribution in [0.25, 0.3) is 11.0 Å². The number of aliphatic hydroxyl groups excluding tert-OH is 1. The monoisotopic (exact) mass is 374 g/mol. The van der Waals surface area contributed by atoms with Crippen LogP contribution in [0.4, 0.5) is 0 Å². The van der Waals surface area contributed by atoms with E-state index >= 15 is 0 Å².